The predicted molar refractivity (Wildman–Crippen MR) is 77.5 cm³/mol. The van der Waals surface area contributed by atoms with Gasteiger partial charge in [0.15, 0.2) is 0 Å². The molecule has 2 N–H and O–H groups in total. The molecule has 1 saturated heterocycles. The molecule has 1 aromatic heterocycles. The van der Waals surface area contributed by atoms with Gasteiger partial charge in [-0.2, -0.15) is 0 Å². The maximum absolute atomic E-state index is 13.5. The highest BCUT2D eigenvalue weighted by Gasteiger charge is 2.22. The van der Waals surface area contributed by atoms with Crippen molar-refractivity contribution < 1.29 is 4.39 Å². The van der Waals surface area contributed by atoms with E-state index in [9.17, 15) is 4.39 Å². The standard InChI is InChI=1S/C14H16ClFN4/c15-12-2-1-11(7-13(12)16)20-6-3-10(9-20)19-8-14-17-4-5-18-14/h1-2,4-5,7,10,19H,3,6,8-9H2,(H,17,18). The average Bonchev–Trinajstić information content (AvgIpc) is 3.10. The summed E-state index contributed by atoms with van der Waals surface area (Å²) in [5, 5.41) is 3.62. The third-order valence-corrected chi connectivity index (χ3v) is 3.88. The minimum Gasteiger partial charge on any atom is -0.370 e. The van der Waals surface area contributed by atoms with Crippen LogP contribution in [0.2, 0.25) is 5.02 Å². The van der Waals surface area contributed by atoms with Crippen LogP contribution in [0.25, 0.3) is 0 Å². The fourth-order valence-electron chi connectivity index (χ4n) is 2.48. The molecule has 1 unspecified atom stereocenters. The molecule has 1 fully saturated rings. The summed E-state index contributed by atoms with van der Waals surface area (Å²) >= 11 is 5.71. The summed E-state index contributed by atoms with van der Waals surface area (Å²) in [6.45, 7) is 2.50. The Hall–Kier alpha value is -1.59. The maximum Gasteiger partial charge on any atom is 0.143 e. The van der Waals surface area contributed by atoms with E-state index in [0.29, 0.717) is 6.04 Å². The van der Waals surface area contributed by atoms with Crippen LogP contribution in [0.3, 0.4) is 0 Å². The molecule has 4 nitrogen and oxygen atoms in total. The molecule has 0 bridgehead atoms. The van der Waals surface area contributed by atoms with Crippen molar-refractivity contribution in [1.29, 1.82) is 0 Å². The van der Waals surface area contributed by atoms with Gasteiger partial charge >= 0.3 is 0 Å². The van der Waals surface area contributed by atoms with Gasteiger partial charge in [-0.1, -0.05) is 11.6 Å². The van der Waals surface area contributed by atoms with Crippen LogP contribution in [0, 0.1) is 5.82 Å². The zero-order valence-corrected chi connectivity index (χ0v) is 11.7. The normalized spacial score (nSPS) is 18.7. The number of H-pyrrole nitrogens is 1. The highest BCUT2D eigenvalue weighted by Crippen LogP contribution is 2.25. The fraction of sp³-hybridized carbons (Fsp3) is 0.357. The van der Waals surface area contributed by atoms with Crippen LogP contribution >= 0.6 is 11.6 Å². The number of hydrogen-bond acceptors (Lipinski definition) is 3. The van der Waals surface area contributed by atoms with E-state index in [1.165, 1.54) is 6.07 Å². The van der Waals surface area contributed by atoms with Crippen molar-refractivity contribution in [3.05, 3.63) is 47.3 Å². The van der Waals surface area contributed by atoms with E-state index < -0.39 is 0 Å². The SMILES string of the molecule is Fc1cc(N2CCC(NCc3ncc[nH]3)C2)ccc1Cl. The Morgan fingerprint density at radius 3 is 3.15 bits per heavy atom. The molecule has 0 radical (unpaired) electrons. The molecule has 0 amide bonds. The zero-order chi connectivity index (χ0) is 13.9. The lowest BCUT2D eigenvalue weighted by atomic mass is 10.2. The monoisotopic (exact) mass is 294 g/mol. The molecular weight excluding hydrogens is 279 g/mol. The molecule has 1 atom stereocenters. The largest absolute Gasteiger partial charge is 0.370 e. The van der Waals surface area contributed by atoms with E-state index in [1.807, 2.05) is 12.3 Å². The lowest BCUT2D eigenvalue weighted by Gasteiger charge is -2.19. The first-order valence-corrected chi connectivity index (χ1v) is 7.02. The van der Waals surface area contributed by atoms with Gasteiger partial charge in [0, 0.05) is 37.2 Å². The predicted octanol–water partition coefficient (Wildman–Crippen LogP) is 2.57. The number of anilines is 1. The van der Waals surface area contributed by atoms with Crippen LogP contribution < -0.4 is 10.2 Å². The molecule has 0 aliphatic carbocycles. The van der Waals surface area contributed by atoms with Gasteiger partial charge in [-0.15, -0.1) is 0 Å². The number of hydrogen-bond donors (Lipinski definition) is 2. The minimum atomic E-state index is -0.365. The number of imidazole rings is 1. The van der Waals surface area contributed by atoms with Crippen LogP contribution in [-0.2, 0) is 6.54 Å². The number of rotatable bonds is 4. The van der Waals surface area contributed by atoms with E-state index >= 15 is 0 Å². The van der Waals surface area contributed by atoms with Crippen molar-refractivity contribution in [1.82, 2.24) is 15.3 Å². The Morgan fingerprint density at radius 1 is 1.50 bits per heavy atom. The Labute approximate surface area is 122 Å². The molecule has 2 aromatic rings. The van der Waals surface area contributed by atoms with E-state index in [1.54, 1.807) is 12.3 Å². The second-order valence-corrected chi connectivity index (χ2v) is 5.35. The first-order valence-electron chi connectivity index (χ1n) is 6.64. The van der Waals surface area contributed by atoms with Crippen LogP contribution in [0.5, 0.6) is 0 Å². The number of nitrogens with one attached hydrogen (secondary N) is 2. The molecule has 3 rings (SSSR count). The molecule has 1 aromatic carbocycles. The summed E-state index contributed by atoms with van der Waals surface area (Å²) in [7, 11) is 0. The zero-order valence-electron chi connectivity index (χ0n) is 10.9. The van der Waals surface area contributed by atoms with E-state index in [-0.39, 0.29) is 10.8 Å². The van der Waals surface area contributed by atoms with Crippen molar-refractivity contribution in [3.8, 4) is 0 Å². The van der Waals surface area contributed by atoms with Gasteiger partial charge in [-0.3, -0.25) is 0 Å². The molecule has 20 heavy (non-hydrogen) atoms. The quantitative estimate of drug-likeness (QED) is 0.911. The fourth-order valence-corrected chi connectivity index (χ4v) is 2.60. The lowest BCUT2D eigenvalue weighted by molar-refractivity contribution is 0.541. The number of nitrogens with zero attached hydrogens (tertiary/aromatic N) is 2. The topological polar surface area (TPSA) is 44.0 Å². The summed E-state index contributed by atoms with van der Waals surface area (Å²) in [6.07, 6.45) is 4.59. The Kier molecular flexibility index (Phi) is 3.89. The van der Waals surface area contributed by atoms with Crippen LogP contribution in [0.15, 0.2) is 30.6 Å². The molecule has 1 aliphatic rings. The highest BCUT2D eigenvalue weighted by atomic mass is 35.5. The second kappa shape index (κ2) is 5.81. The smallest absolute Gasteiger partial charge is 0.143 e. The molecule has 1 aliphatic heterocycles. The Bertz CT molecular complexity index is 573. The molecule has 0 spiro atoms. The minimum absolute atomic E-state index is 0.167. The van der Waals surface area contributed by atoms with Crippen LogP contribution in [0.4, 0.5) is 10.1 Å². The number of aromatic amines is 1. The first kappa shape index (κ1) is 13.4. The van der Waals surface area contributed by atoms with Crippen molar-refractivity contribution in [2.24, 2.45) is 0 Å². The lowest BCUT2D eigenvalue weighted by Crippen LogP contribution is -2.32. The van der Waals surface area contributed by atoms with Gasteiger partial charge in [0.25, 0.3) is 0 Å². The summed E-state index contributed by atoms with van der Waals surface area (Å²) in [5.74, 6) is 0.567. The molecule has 0 saturated carbocycles. The summed E-state index contributed by atoms with van der Waals surface area (Å²) in [4.78, 5) is 9.41. The summed E-state index contributed by atoms with van der Waals surface area (Å²) in [5.41, 5.74) is 0.884. The number of aromatic nitrogens is 2. The van der Waals surface area contributed by atoms with Crippen molar-refractivity contribution in [2.45, 2.75) is 19.0 Å². The van der Waals surface area contributed by atoms with Crippen LogP contribution in [-0.4, -0.2) is 29.1 Å². The van der Waals surface area contributed by atoms with Crippen LogP contribution in [0.1, 0.15) is 12.2 Å². The van der Waals surface area contributed by atoms with Gasteiger partial charge in [0.05, 0.1) is 11.6 Å². The molecular formula is C14H16ClFN4. The van der Waals surface area contributed by atoms with E-state index in [4.69, 9.17) is 11.6 Å². The number of benzene rings is 1. The van der Waals surface area contributed by atoms with E-state index in [0.717, 1.165) is 37.6 Å². The maximum atomic E-state index is 13.5. The van der Waals surface area contributed by atoms with Crippen molar-refractivity contribution in [2.75, 3.05) is 18.0 Å². The second-order valence-electron chi connectivity index (χ2n) is 4.95. The average molecular weight is 295 g/mol. The Balaban J connectivity index is 1.57. The van der Waals surface area contributed by atoms with Gasteiger partial charge in [0.2, 0.25) is 0 Å². The summed E-state index contributed by atoms with van der Waals surface area (Å²) in [6, 6.07) is 5.35. The van der Waals surface area contributed by atoms with Crippen molar-refractivity contribution >= 4 is 17.3 Å². The third kappa shape index (κ3) is 2.94. The third-order valence-electron chi connectivity index (χ3n) is 3.57. The van der Waals surface area contributed by atoms with Gasteiger partial charge in [-0.05, 0) is 24.6 Å². The van der Waals surface area contributed by atoms with Crippen molar-refractivity contribution in [3.63, 3.8) is 0 Å². The van der Waals surface area contributed by atoms with Gasteiger partial charge in [-0.25, -0.2) is 9.37 Å². The first-order chi connectivity index (χ1) is 9.72. The Morgan fingerprint density at radius 2 is 2.40 bits per heavy atom. The van der Waals surface area contributed by atoms with Gasteiger partial charge < -0.3 is 15.2 Å². The highest BCUT2D eigenvalue weighted by molar-refractivity contribution is 6.30. The summed E-state index contributed by atoms with van der Waals surface area (Å²) < 4.78 is 13.5. The number of halogens is 2. The van der Waals surface area contributed by atoms with Gasteiger partial charge in [0.1, 0.15) is 11.6 Å². The molecule has 106 valence electrons. The molecule has 2 heterocycles. The molecule has 6 heteroatoms. The van der Waals surface area contributed by atoms with E-state index in [2.05, 4.69) is 20.2 Å².